The summed E-state index contributed by atoms with van der Waals surface area (Å²) in [5.74, 6) is 2.76. The number of para-hydroxylation sites is 1. The summed E-state index contributed by atoms with van der Waals surface area (Å²) in [6.45, 7) is 1.10. The summed E-state index contributed by atoms with van der Waals surface area (Å²) in [7, 11) is 0. The molecule has 2 aliphatic rings. The normalized spacial score (nSPS) is 22.6. The maximum absolute atomic E-state index is 6.27. The van der Waals surface area contributed by atoms with E-state index in [0.717, 1.165) is 52.7 Å². The predicted octanol–water partition coefficient (Wildman–Crippen LogP) is 3.79. The summed E-state index contributed by atoms with van der Waals surface area (Å²) >= 11 is 0. The van der Waals surface area contributed by atoms with E-state index in [-0.39, 0.29) is 0 Å². The van der Waals surface area contributed by atoms with Crippen LogP contribution in [0.15, 0.2) is 60.9 Å². The van der Waals surface area contributed by atoms with Crippen LogP contribution in [0.3, 0.4) is 0 Å². The molecule has 0 radical (unpaired) electrons. The molecule has 150 valence electrons. The quantitative estimate of drug-likeness (QED) is 0.543. The van der Waals surface area contributed by atoms with Crippen molar-refractivity contribution in [2.24, 2.45) is 5.92 Å². The van der Waals surface area contributed by atoms with Gasteiger partial charge in [-0.2, -0.15) is 5.10 Å². The molecule has 6 rings (SSSR count). The Morgan fingerprint density at radius 2 is 1.77 bits per heavy atom. The highest BCUT2D eigenvalue weighted by atomic mass is 16.5. The molecule has 0 spiro atoms. The van der Waals surface area contributed by atoms with Crippen LogP contribution < -0.4 is 15.8 Å². The van der Waals surface area contributed by atoms with E-state index in [2.05, 4.69) is 20.0 Å². The Balaban J connectivity index is 1.39. The van der Waals surface area contributed by atoms with E-state index in [9.17, 15) is 0 Å². The topological polar surface area (TPSA) is 90.9 Å². The number of benzene rings is 2. The van der Waals surface area contributed by atoms with Crippen LogP contribution in [0.25, 0.3) is 22.3 Å². The van der Waals surface area contributed by atoms with Crippen LogP contribution in [0, 0.1) is 5.92 Å². The monoisotopic (exact) mass is 398 g/mol. The average molecular weight is 398 g/mol. The molecule has 30 heavy (non-hydrogen) atoms. The first-order valence-electron chi connectivity index (χ1n) is 10.3. The first-order valence-corrected chi connectivity index (χ1v) is 10.3. The van der Waals surface area contributed by atoms with E-state index in [1.54, 1.807) is 0 Å². The lowest BCUT2D eigenvalue weighted by atomic mass is 10.1. The fraction of sp³-hybridized carbons (Fsp3) is 0.261. The van der Waals surface area contributed by atoms with Crippen molar-refractivity contribution in [2.45, 2.75) is 24.9 Å². The van der Waals surface area contributed by atoms with E-state index in [4.69, 9.17) is 15.6 Å². The Kier molecular flexibility index (Phi) is 3.95. The first kappa shape index (κ1) is 17.4. The van der Waals surface area contributed by atoms with Gasteiger partial charge in [-0.15, -0.1) is 0 Å². The van der Waals surface area contributed by atoms with Crippen LogP contribution in [-0.4, -0.2) is 32.3 Å². The minimum absolute atomic E-state index is 0.301. The summed E-state index contributed by atoms with van der Waals surface area (Å²) in [6.07, 6.45) is 3.85. The molecule has 3 atom stereocenters. The molecule has 1 saturated heterocycles. The lowest BCUT2D eigenvalue weighted by molar-refractivity contribution is 0.342. The van der Waals surface area contributed by atoms with Crippen LogP contribution in [0.5, 0.6) is 11.5 Å². The van der Waals surface area contributed by atoms with Gasteiger partial charge in [-0.1, -0.05) is 18.2 Å². The second kappa shape index (κ2) is 6.81. The molecule has 4 aromatic rings. The highest BCUT2D eigenvalue weighted by molar-refractivity contribution is 5.98. The molecular weight excluding hydrogens is 376 g/mol. The van der Waals surface area contributed by atoms with Crippen molar-refractivity contribution in [3.8, 4) is 22.8 Å². The standard InChI is InChI=1S/C23H22N6O/c24-22-20-21(15-6-8-17(9-7-15)30-16-4-2-1-3-5-16)28-29(23(20)27-13-26-22)19-11-14-10-18(19)25-12-14/h1-9,13-14,18-19,25H,10-12H2,(H2,24,26,27). The van der Waals surface area contributed by atoms with Crippen molar-refractivity contribution in [1.82, 2.24) is 25.1 Å². The number of nitrogen functional groups attached to an aromatic ring is 1. The zero-order chi connectivity index (χ0) is 20.1. The first-order chi connectivity index (χ1) is 14.8. The number of nitrogens with zero attached hydrogens (tertiary/aromatic N) is 4. The minimum Gasteiger partial charge on any atom is -0.457 e. The second-order valence-electron chi connectivity index (χ2n) is 8.11. The van der Waals surface area contributed by atoms with Gasteiger partial charge in [-0.25, -0.2) is 14.6 Å². The molecule has 2 aromatic heterocycles. The zero-order valence-corrected chi connectivity index (χ0v) is 16.4. The van der Waals surface area contributed by atoms with Crippen LogP contribution in [-0.2, 0) is 0 Å². The number of aromatic nitrogens is 4. The molecule has 2 aromatic carbocycles. The molecule has 7 nitrogen and oxygen atoms in total. The average Bonchev–Trinajstić information content (AvgIpc) is 3.50. The van der Waals surface area contributed by atoms with E-state index in [0.29, 0.717) is 17.9 Å². The van der Waals surface area contributed by atoms with Crippen LogP contribution in [0.2, 0.25) is 0 Å². The van der Waals surface area contributed by atoms with Gasteiger partial charge < -0.3 is 15.8 Å². The van der Waals surface area contributed by atoms with Crippen molar-refractivity contribution in [3.05, 3.63) is 60.9 Å². The van der Waals surface area contributed by atoms with Gasteiger partial charge in [0.25, 0.3) is 0 Å². The minimum atomic E-state index is 0.301. The van der Waals surface area contributed by atoms with Crippen molar-refractivity contribution in [1.29, 1.82) is 0 Å². The van der Waals surface area contributed by atoms with Crippen LogP contribution >= 0.6 is 0 Å². The number of nitrogens with two attached hydrogens (primary N) is 1. The molecule has 1 saturated carbocycles. The summed E-state index contributed by atoms with van der Waals surface area (Å²) in [5.41, 5.74) is 8.86. The van der Waals surface area contributed by atoms with E-state index in [1.165, 1.54) is 12.7 Å². The third kappa shape index (κ3) is 2.81. The molecule has 1 aliphatic carbocycles. The summed E-state index contributed by atoms with van der Waals surface area (Å²) in [4.78, 5) is 8.77. The third-order valence-electron chi connectivity index (χ3n) is 6.23. The van der Waals surface area contributed by atoms with Gasteiger partial charge in [0.1, 0.15) is 29.3 Å². The second-order valence-corrected chi connectivity index (χ2v) is 8.11. The van der Waals surface area contributed by atoms with Gasteiger partial charge in [0.2, 0.25) is 0 Å². The molecular formula is C23H22N6O. The maximum Gasteiger partial charge on any atom is 0.164 e. The predicted molar refractivity (Wildman–Crippen MR) is 115 cm³/mol. The lowest BCUT2D eigenvalue weighted by Gasteiger charge is -2.23. The van der Waals surface area contributed by atoms with E-state index >= 15 is 0 Å². The molecule has 2 fully saturated rings. The summed E-state index contributed by atoms with van der Waals surface area (Å²) in [5, 5.41) is 9.42. The van der Waals surface area contributed by atoms with Gasteiger partial charge in [0, 0.05) is 11.6 Å². The number of anilines is 1. The SMILES string of the molecule is Nc1ncnc2c1c(-c1ccc(Oc3ccccc3)cc1)nn2C1CC2CNC1C2. The molecule has 3 N–H and O–H groups in total. The Labute approximate surface area is 173 Å². The highest BCUT2D eigenvalue weighted by Gasteiger charge is 2.42. The number of piperidine rings is 1. The van der Waals surface area contributed by atoms with Gasteiger partial charge in [-0.3, -0.25) is 0 Å². The van der Waals surface area contributed by atoms with Gasteiger partial charge in [0.05, 0.1) is 11.4 Å². The zero-order valence-electron chi connectivity index (χ0n) is 16.4. The maximum atomic E-state index is 6.27. The van der Waals surface area contributed by atoms with Crippen LogP contribution in [0.4, 0.5) is 5.82 Å². The van der Waals surface area contributed by atoms with Crippen molar-refractivity contribution in [2.75, 3.05) is 12.3 Å². The molecule has 1 aliphatic heterocycles. The van der Waals surface area contributed by atoms with E-state index < -0.39 is 0 Å². The van der Waals surface area contributed by atoms with E-state index in [1.807, 2.05) is 54.6 Å². The van der Waals surface area contributed by atoms with Gasteiger partial charge in [-0.05, 0) is 61.7 Å². The molecule has 2 bridgehead atoms. The molecule has 3 heterocycles. The Morgan fingerprint density at radius 1 is 0.967 bits per heavy atom. The van der Waals surface area contributed by atoms with Crippen LogP contribution in [0.1, 0.15) is 18.9 Å². The highest BCUT2D eigenvalue weighted by Crippen LogP contribution is 2.42. The Bertz CT molecular complexity index is 1200. The van der Waals surface area contributed by atoms with Gasteiger partial charge >= 0.3 is 0 Å². The van der Waals surface area contributed by atoms with Gasteiger partial charge in [0.15, 0.2) is 5.65 Å². The molecule has 3 unspecified atom stereocenters. The number of rotatable bonds is 4. The number of ether oxygens (including phenoxy) is 1. The van der Waals surface area contributed by atoms with Crippen molar-refractivity contribution in [3.63, 3.8) is 0 Å². The van der Waals surface area contributed by atoms with Crippen molar-refractivity contribution >= 4 is 16.9 Å². The fourth-order valence-electron chi connectivity index (χ4n) is 4.83. The molecule has 0 amide bonds. The number of hydrogen-bond acceptors (Lipinski definition) is 6. The lowest BCUT2D eigenvalue weighted by Crippen LogP contribution is -2.35. The number of fused-ring (bicyclic) bond motifs is 3. The number of hydrogen-bond donors (Lipinski definition) is 2. The number of nitrogens with one attached hydrogen (secondary N) is 1. The Hall–Kier alpha value is -3.45. The van der Waals surface area contributed by atoms with Crippen molar-refractivity contribution < 1.29 is 4.74 Å². The smallest absolute Gasteiger partial charge is 0.164 e. The largest absolute Gasteiger partial charge is 0.457 e. The third-order valence-corrected chi connectivity index (χ3v) is 6.23. The molecule has 7 heteroatoms. The summed E-state index contributed by atoms with van der Waals surface area (Å²) in [6, 6.07) is 18.4. The fourth-order valence-corrected chi connectivity index (χ4v) is 4.83. The Morgan fingerprint density at radius 3 is 2.50 bits per heavy atom. The summed E-state index contributed by atoms with van der Waals surface area (Å²) < 4.78 is 7.98.